The van der Waals surface area contributed by atoms with Crippen LogP contribution in [-0.4, -0.2) is 36.1 Å². The number of rotatable bonds is 3. The van der Waals surface area contributed by atoms with Crippen LogP contribution in [0.4, 0.5) is 5.82 Å². The van der Waals surface area contributed by atoms with Crippen molar-refractivity contribution in [2.45, 2.75) is 6.04 Å². The highest BCUT2D eigenvalue weighted by atomic mass is 32.1. The Hall–Kier alpha value is -1.90. The van der Waals surface area contributed by atoms with Gasteiger partial charge in [0, 0.05) is 32.4 Å². The first-order chi connectivity index (χ1) is 9.88. The minimum absolute atomic E-state index is 0.118. The smallest absolute Gasteiger partial charge is 0.128 e. The minimum Gasteiger partial charge on any atom is -0.354 e. The number of nitrogens with zero attached hydrogens (tertiary/aromatic N) is 4. The third-order valence-electron chi connectivity index (χ3n) is 3.63. The minimum atomic E-state index is -0.118. The van der Waals surface area contributed by atoms with Gasteiger partial charge < -0.3 is 4.90 Å². The molecule has 5 heteroatoms. The Morgan fingerprint density at radius 1 is 1.20 bits per heavy atom. The van der Waals surface area contributed by atoms with Gasteiger partial charge in [-0.2, -0.15) is 16.6 Å². The molecule has 2 aromatic rings. The SMILES string of the molecule is N#CC(c1ccsc1)N1CCN(c2ccccn2)CC1. The van der Waals surface area contributed by atoms with Crippen LogP contribution in [0.2, 0.25) is 0 Å². The average Bonchev–Trinajstić information content (AvgIpc) is 3.04. The van der Waals surface area contributed by atoms with Crippen molar-refractivity contribution >= 4 is 17.2 Å². The largest absolute Gasteiger partial charge is 0.354 e. The van der Waals surface area contributed by atoms with E-state index in [9.17, 15) is 5.26 Å². The van der Waals surface area contributed by atoms with Crippen LogP contribution in [0.5, 0.6) is 0 Å². The van der Waals surface area contributed by atoms with Gasteiger partial charge in [-0.05, 0) is 34.5 Å². The molecule has 1 aliphatic rings. The summed E-state index contributed by atoms with van der Waals surface area (Å²) >= 11 is 1.65. The Morgan fingerprint density at radius 3 is 2.65 bits per heavy atom. The summed E-state index contributed by atoms with van der Waals surface area (Å²) in [6.45, 7) is 3.62. The van der Waals surface area contributed by atoms with Crippen molar-refractivity contribution in [2.24, 2.45) is 0 Å². The second-order valence-corrected chi connectivity index (χ2v) is 5.58. The molecule has 1 unspecified atom stereocenters. The van der Waals surface area contributed by atoms with Gasteiger partial charge in [-0.25, -0.2) is 4.98 Å². The fraction of sp³-hybridized carbons (Fsp3) is 0.333. The van der Waals surface area contributed by atoms with Gasteiger partial charge in [-0.3, -0.25) is 4.90 Å². The Bertz CT molecular complexity index is 568. The molecule has 1 fully saturated rings. The molecule has 2 aromatic heterocycles. The molecule has 1 saturated heterocycles. The van der Waals surface area contributed by atoms with Crippen molar-refractivity contribution in [3.63, 3.8) is 0 Å². The summed E-state index contributed by atoms with van der Waals surface area (Å²) in [5.41, 5.74) is 1.11. The van der Waals surface area contributed by atoms with Crippen LogP contribution < -0.4 is 4.90 Å². The van der Waals surface area contributed by atoms with E-state index in [1.54, 1.807) is 11.3 Å². The molecule has 0 N–H and O–H groups in total. The maximum absolute atomic E-state index is 9.42. The molecular formula is C15H16N4S. The van der Waals surface area contributed by atoms with E-state index in [1.165, 1.54) is 0 Å². The number of anilines is 1. The molecule has 0 aliphatic carbocycles. The molecule has 1 atom stereocenters. The van der Waals surface area contributed by atoms with Crippen LogP contribution in [0.25, 0.3) is 0 Å². The van der Waals surface area contributed by atoms with Crippen LogP contribution in [0.1, 0.15) is 11.6 Å². The first-order valence-electron chi connectivity index (χ1n) is 6.70. The van der Waals surface area contributed by atoms with E-state index in [-0.39, 0.29) is 6.04 Å². The lowest BCUT2D eigenvalue weighted by molar-refractivity contribution is 0.222. The molecule has 0 amide bonds. The molecule has 20 heavy (non-hydrogen) atoms. The molecule has 0 spiro atoms. The first-order valence-corrected chi connectivity index (χ1v) is 7.64. The lowest BCUT2D eigenvalue weighted by atomic mass is 10.1. The molecule has 3 heterocycles. The van der Waals surface area contributed by atoms with Gasteiger partial charge in [0.05, 0.1) is 6.07 Å². The van der Waals surface area contributed by atoms with Crippen molar-refractivity contribution in [3.8, 4) is 6.07 Å². The number of pyridine rings is 1. The summed E-state index contributed by atoms with van der Waals surface area (Å²) < 4.78 is 0. The van der Waals surface area contributed by atoms with Crippen molar-refractivity contribution in [1.29, 1.82) is 5.26 Å². The van der Waals surface area contributed by atoms with E-state index < -0.39 is 0 Å². The Labute approximate surface area is 122 Å². The van der Waals surface area contributed by atoms with Gasteiger partial charge in [0.1, 0.15) is 11.9 Å². The fourth-order valence-corrected chi connectivity index (χ4v) is 3.23. The van der Waals surface area contributed by atoms with E-state index in [1.807, 2.05) is 35.8 Å². The standard InChI is InChI=1S/C15H16N4S/c16-11-14(13-4-10-20-12-13)18-6-8-19(9-7-18)15-3-1-2-5-17-15/h1-5,10,12,14H,6-9H2. The number of hydrogen-bond acceptors (Lipinski definition) is 5. The van der Waals surface area contributed by atoms with Gasteiger partial charge in [-0.15, -0.1) is 0 Å². The van der Waals surface area contributed by atoms with Crippen LogP contribution in [0.15, 0.2) is 41.2 Å². The summed E-state index contributed by atoms with van der Waals surface area (Å²) in [5, 5.41) is 13.5. The van der Waals surface area contributed by atoms with Gasteiger partial charge in [0.2, 0.25) is 0 Å². The lowest BCUT2D eigenvalue weighted by Gasteiger charge is -2.37. The van der Waals surface area contributed by atoms with Gasteiger partial charge in [-0.1, -0.05) is 6.07 Å². The van der Waals surface area contributed by atoms with Crippen LogP contribution in [-0.2, 0) is 0 Å². The molecule has 4 nitrogen and oxygen atoms in total. The second-order valence-electron chi connectivity index (χ2n) is 4.80. The predicted molar refractivity (Wildman–Crippen MR) is 80.7 cm³/mol. The quantitative estimate of drug-likeness (QED) is 0.868. The van der Waals surface area contributed by atoms with E-state index in [0.29, 0.717) is 0 Å². The number of aromatic nitrogens is 1. The van der Waals surface area contributed by atoms with Gasteiger partial charge in [0.15, 0.2) is 0 Å². The zero-order valence-electron chi connectivity index (χ0n) is 11.1. The molecule has 1 aliphatic heterocycles. The number of thiophene rings is 1. The highest BCUT2D eigenvalue weighted by Crippen LogP contribution is 2.24. The molecule has 102 valence electrons. The molecule has 0 saturated carbocycles. The van der Waals surface area contributed by atoms with E-state index in [2.05, 4.69) is 26.2 Å². The van der Waals surface area contributed by atoms with E-state index >= 15 is 0 Å². The van der Waals surface area contributed by atoms with Crippen LogP contribution in [0.3, 0.4) is 0 Å². The molecular weight excluding hydrogens is 268 g/mol. The molecule has 0 bridgehead atoms. The maximum atomic E-state index is 9.42. The number of nitriles is 1. The van der Waals surface area contributed by atoms with E-state index in [4.69, 9.17) is 0 Å². The Kier molecular flexibility index (Phi) is 3.95. The zero-order valence-corrected chi connectivity index (χ0v) is 12.0. The normalized spacial score (nSPS) is 17.6. The summed E-state index contributed by atoms with van der Waals surface area (Å²) in [7, 11) is 0. The van der Waals surface area contributed by atoms with Crippen molar-refractivity contribution in [1.82, 2.24) is 9.88 Å². The van der Waals surface area contributed by atoms with Gasteiger partial charge >= 0.3 is 0 Å². The Balaban J connectivity index is 1.65. The highest BCUT2D eigenvalue weighted by molar-refractivity contribution is 7.08. The molecule has 3 rings (SSSR count). The zero-order chi connectivity index (χ0) is 13.8. The van der Waals surface area contributed by atoms with Gasteiger partial charge in [0.25, 0.3) is 0 Å². The van der Waals surface area contributed by atoms with Crippen LogP contribution >= 0.6 is 11.3 Å². The maximum Gasteiger partial charge on any atom is 0.128 e. The summed E-state index contributed by atoms with van der Waals surface area (Å²) in [6, 6.07) is 10.3. The van der Waals surface area contributed by atoms with Crippen LogP contribution in [0, 0.1) is 11.3 Å². The van der Waals surface area contributed by atoms with Crippen molar-refractivity contribution in [3.05, 3.63) is 46.8 Å². The third-order valence-corrected chi connectivity index (χ3v) is 4.34. The monoisotopic (exact) mass is 284 g/mol. The number of hydrogen-bond donors (Lipinski definition) is 0. The summed E-state index contributed by atoms with van der Waals surface area (Å²) in [4.78, 5) is 8.91. The summed E-state index contributed by atoms with van der Waals surface area (Å²) in [6.07, 6.45) is 1.82. The highest BCUT2D eigenvalue weighted by Gasteiger charge is 2.25. The molecule has 0 radical (unpaired) electrons. The lowest BCUT2D eigenvalue weighted by Crippen LogP contribution is -2.47. The molecule has 0 aromatic carbocycles. The average molecular weight is 284 g/mol. The summed E-state index contributed by atoms with van der Waals surface area (Å²) in [5.74, 6) is 1.02. The second kappa shape index (κ2) is 6.04. The van der Waals surface area contributed by atoms with E-state index in [0.717, 1.165) is 37.6 Å². The third kappa shape index (κ3) is 2.67. The Morgan fingerprint density at radius 2 is 2.05 bits per heavy atom. The fourth-order valence-electron chi connectivity index (χ4n) is 2.55. The number of piperazine rings is 1. The van der Waals surface area contributed by atoms with Crippen molar-refractivity contribution < 1.29 is 0 Å². The predicted octanol–water partition coefficient (Wildman–Crippen LogP) is 2.53. The first kappa shape index (κ1) is 13.1. The van der Waals surface area contributed by atoms with Crippen molar-refractivity contribution in [2.75, 3.05) is 31.1 Å². The topological polar surface area (TPSA) is 43.2 Å².